The fourth-order valence-corrected chi connectivity index (χ4v) is 1.67. The third-order valence-corrected chi connectivity index (χ3v) is 2.63. The van der Waals surface area contributed by atoms with E-state index in [0.29, 0.717) is 6.04 Å². The minimum absolute atomic E-state index is 0.464. The van der Waals surface area contributed by atoms with Crippen LogP contribution < -0.4 is 5.32 Å². The largest absolute Gasteiger partial charge is 0.460 e. The molecule has 0 fully saturated rings. The third-order valence-electron chi connectivity index (χ3n) is 2.63. The molecule has 3 nitrogen and oxygen atoms in total. The molecule has 2 aromatic rings. The van der Waals surface area contributed by atoms with Crippen molar-refractivity contribution >= 4 is 0 Å². The Morgan fingerprint density at radius 2 is 2.12 bits per heavy atom. The summed E-state index contributed by atoms with van der Waals surface area (Å²) in [7, 11) is 0. The molecule has 0 saturated heterocycles. The van der Waals surface area contributed by atoms with Crippen LogP contribution in [0.3, 0.4) is 0 Å². The average molecular weight is 230 g/mol. The van der Waals surface area contributed by atoms with Gasteiger partial charge in [0.1, 0.15) is 11.5 Å². The van der Waals surface area contributed by atoms with E-state index in [0.717, 1.165) is 29.2 Å². The molecule has 0 unspecified atom stereocenters. The van der Waals surface area contributed by atoms with E-state index in [1.165, 1.54) is 0 Å². The molecule has 2 heterocycles. The molecule has 0 saturated carbocycles. The van der Waals surface area contributed by atoms with E-state index >= 15 is 0 Å². The van der Waals surface area contributed by atoms with Gasteiger partial charge in [-0.05, 0) is 30.7 Å². The standard InChI is InChI=1S/C14H18N2O/c1-10(2)16-9-12-4-5-14(17-12)13-6-7-15-8-11(13)3/h4-8,10,16H,9H2,1-3H3. The van der Waals surface area contributed by atoms with Crippen LogP contribution in [-0.4, -0.2) is 11.0 Å². The molecule has 17 heavy (non-hydrogen) atoms. The summed E-state index contributed by atoms with van der Waals surface area (Å²) >= 11 is 0. The number of rotatable bonds is 4. The molecule has 0 aliphatic carbocycles. The maximum Gasteiger partial charge on any atom is 0.134 e. The maximum atomic E-state index is 5.81. The molecule has 0 atom stereocenters. The summed E-state index contributed by atoms with van der Waals surface area (Å²) in [5.41, 5.74) is 2.24. The smallest absolute Gasteiger partial charge is 0.134 e. The van der Waals surface area contributed by atoms with Crippen molar-refractivity contribution in [3.8, 4) is 11.3 Å². The van der Waals surface area contributed by atoms with Crippen LogP contribution in [0.15, 0.2) is 35.0 Å². The minimum Gasteiger partial charge on any atom is -0.460 e. The van der Waals surface area contributed by atoms with Gasteiger partial charge in [0.25, 0.3) is 0 Å². The zero-order valence-electron chi connectivity index (χ0n) is 10.5. The zero-order chi connectivity index (χ0) is 12.3. The number of pyridine rings is 1. The number of hydrogen-bond acceptors (Lipinski definition) is 3. The first-order valence-corrected chi connectivity index (χ1v) is 5.90. The lowest BCUT2D eigenvalue weighted by molar-refractivity contribution is 0.473. The van der Waals surface area contributed by atoms with Gasteiger partial charge in [0.15, 0.2) is 0 Å². The van der Waals surface area contributed by atoms with Crippen LogP contribution in [0.2, 0.25) is 0 Å². The van der Waals surface area contributed by atoms with Gasteiger partial charge >= 0.3 is 0 Å². The van der Waals surface area contributed by atoms with Crippen LogP contribution in [0, 0.1) is 6.92 Å². The molecule has 1 N–H and O–H groups in total. The van der Waals surface area contributed by atoms with E-state index in [1.807, 2.05) is 31.3 Å². The summed E-state index contributed by atoms with van der Waals surface area (Å²) < 4.78 is 5.81. The molecule has 90 valence electrons. The Morgan fingerprint density at radius 1 is 1.29 bits per heavy atom. The van der Waals surface area contributed by atoms with Crippen LogP contribution >= 0.6 is 0 Å². The Morgan fingerprint density at radius 3 is 2.82 bits per heavy atom. The fourth-order valence-electron chi connectivity index (χ4n) is 1.67. The van der Waals surface area contributed by atoms with Crippen LogP contribution in [-0.2, 0) is 6.54 Å². The van der Waals surface area contributed by atoms with Gasteiger partial charge in [-0.25, -0.2) is 0 Å². The average Bonchev–Trinajstić information content (AvgIpc) is 2.75. The van der Waals surface area contributed by atoms with Gasteiger partial charge in [-0.3, -0.25) is 4.98 Å². The van der Waals surface area contributed by atoms with Gasteiger partial charge in [-0.1, -0.05) is 13.8 Å². The second kappa shape index (κ2) is 5.15. The van der Waals surface area contributed by atoms with Crippen LogP contribution in [0.4, 0.5) is 0 Å². The van der Waals surface area contributed by atoms with Crippen molar-refractivity contribution in [3.63, 3.8) is 0 Å². The van der Waals surface area contributed by atoms with Crippen molar-refractivity contribution in [1.29, 1.82) is 0 Å². The van der Waals surface area contributed by atoms with Gasteiger partial charge < -0.3 is 9.73 Å². The highest BCUT2D eigenvalue weighted by Gasteiger charge is 2.07. The van der Waals surface area contributed by atoms with Gasteiger partial charge in [0, 0.05) is 24.0 Å². The van der Waals surface area contributed by atoms with E-state index in [1.54, 1.807) is 6.20 Å². The summed E-state index contributed by atoms with van der Waals surface area (Å²) in [4.78, 5) is 4.08. The van der Waals surface area contributed by atoms with Crippen molar-refractivity contribution in [2.24, 2.45) is 0 Å². The predicted octanol–water partition coefficient (Wildman–Crippen LogP) is 3.15. The van der Waals surface area contributed by atoms with Crippen molar-refractivity contribution in [2.45, 2.75) is 33.4 Å². The molecule has 0 spiro atoms. The highest BCUT2D eigenvalue weighted by molar-refractivity contribution is 5.60. The lowest BCUT2D eigenvalue weighted by Crippen LogP contribution is -2.21. The number of nitrogens with zero attached hydrogens (tertiary/aromatic N) is 1. The monoisotopic (exact) mass is 230 g/mol. The van der Waals surface area contributed by atoms with Crippen molar-refractivity contribution in [1.82, 2.24) is 10.3 Å². The molecule has 0 aliphatic rings. The minimum atomic E-state index is 0.464. The van der Waals surface area contributed by atoms with Crippen LogP contribution in [0.25, 0.3) is 11.3 Å². The molecule has 2 rings (SSSR count). The summed E-state index contributed by atoms with van der Waals surface area (Å²) in [5.74, 6) is 1.87. The van der Waals surface area contributed by atoms with E-state index in [2.05, 4.69) is 24.1 Å². The van der Waals surface area contributed by atoms with Gasteiger partial charge in [0.2, 0.25) is 0 Å². The predicted molar refractivity (Wildman–Crippen MR) is 68.7 cm³/mol. The number of aryl methyl sites for hydroxylation is 1. The Bertz CT molecular complexity index is 488. The Hall–Kier alpha value is -1.61. The molecule has 2 aromatic heterocycles. The topological polar surface area (TPSA) is 38.1 Å². The number of nitrogens with one attached hydrogen (secondary N) is 1. The molecular formula is C14H18N2O. The highest BCUT2D eigenvalue weighted by atomic mass is 16.3. The molecule has 0 aromatic carbocycles. The summed E-state index contributed by atoms with van der Waals surface area (Å²) in [6.45, 7) is 7.05. The Balaban J connectivity index is 2.16. The highest BCUT2D eigenvalue weighted by Crippen LogP contribution is 2.24. The van der Waals surface area contributed by atoms with Crippen molar-refractivity contribution in [2.75, 3.05) is 0 Å². The first-order chi connectivity index (χ1) is 8.16. The number of aromatic nitrogens is 1. The van der Waals surface area contributed by atoms with E-state index < -0.39 is 0 Å². The van der Waals surface area contributed by atoms with Gasteiger partial charge in [0.05, 0.1) is 6.54 Å². The summed E-state index contributed by atoms with van der Waals surface area (Å²) in [6.07, 6.45) is 3.64. The second-order valence-corrected chi connectivity index (χ2v) is 4.49. The molecule has 3 heteroatoms. The zero-order valence-corrected chi connectivity index (χ0v) is 10.5. The van der Waals surface area contributed by atoms with Crippen molar-refractivity contribution in [3.05, 3.63) is 41.9 Å². The molecule has 0 aliphatic heterocycles. The lowest BCUT2D eigenvalue weighted by Gasteiger charge is -2.05. The van der Waals surface area contributed by atoms with Gasteiger partial charge in [-0.2, -0.15) is 0 Å². The summed E-state index contributed by atoms with van der Waals surface area (Å²) in [5, 5.41) is 3.34. The molecule has 0 bridgehead atoms. The normalized spacial score (nSPS) is 11.1. The first-order valence-electron chi connectivity index (χ1n) is 5.90. The van der Waals surface area contributed by atoms with E-state index in [-0.39, 0.29) is 0 Å². The molecule has 0 radical (unpaired) electrons. The van der Waals surface area contributed by atoms with E-state index in [4.69, 9.17) is 4.42 Å². The van der Waals surface area contributed by atoms with Crippen LogP contribution in [0.1, 0.15) is 25.2 Å². The Labute approximate surface area is 102 Å². The molecule has 0 amide bonds. The second-order valence-electron chi connectivity index (χ2n) is 4.49. The Kier molecular flexibility index (Phi) is 3.59. The number of hydrogen-bond donors (Lipinski definition) is 1. The van der Waals surface area contributed by atoms with Crippen LogP contribution in [0.5, 0.6) is 0 Å². The lowest BCUT2D eigenvalue weighted by atomic mass is 10.1. The number of furan rings is 1. The summed E-state index contributed by atoms with van der Waals surface area (Å²) in [6, 6.07) is 6.48. The van der Waals surface area contributed by atoms with Crippen molar-refractivity contribution < 1.29 is 4.42 Å². The fraction of sp³-hybridized carbons (Fsp3) is 0.357. The van der Waals surface area contributed by atoms with Gasteiger partial charge in [-0.15, -0.1) is 0 Å². The maximum absolute atomic E-state index is 5.81. The SMILES string of the molecule is Cc1cnccc1-c1ccc(CNC(C)C)o1. The molecular weight excluding hydrogens is 212 g/mol. The third kappa shape index (κ3) is 2.94. The van der Waals surface area contributed by atoms with E-state index in [9.17, 15) is 0 Å². The quantitative estimate of drug-likeness (QED) is 0.876. The first kappa shape index (κ1) is 11.9.